The van der Waals surface area contributed by atoms with Gasteiger partial charge in [0.05, 0.1) is 5.69 Å². The van der Waals surface area contributed by atoms with E-state index in [-0.39, 0.29) is 0 Å². The smallest absolute Gasteiger partial charge is 0.199 e. The van der Waals surface area contributed by atoms with Gasteiger partial charge in [-0.25, -0.2) is 4.98 Å². The fourth-order valence-electron chi connectivity index (χ4n) is 2.03. The van der Waals surface area contributed by atoms with Crippen LogP contribution in [0.25, 0.3) is 11.5 Å². The van der Waals surface area contributed by atoms with E-state index >= 15 is 0 Å². The molecule has 2 aromatic rings. The van der Waals surface area contributed by atoms with Crippen molar-refractivity contribution in [3.8, 4) is 11.5 Å². The lowest BCUT2D eigenvalue weighted by Crippen LogP contribution is -2.01. The first-order valence-corrected chi connectivity index (χ1v) is 7.00. The molecule has 0 saturated heterocycles. The number of rotatable bonds is 5. The van der Waals surface area contributed by atoms with Crippen molar-refractivity contribution >= 4 is 0 Å². The molecule has 5 heteroatoms. The molecule has 2 rings (SSSR count). The van der Waals surface area contributed by atoms with Crippen LogP contribution < -0.4 is 0 Å². The maximum atomic E-state index is 4.60. The monoisotopic (exact) mass is 261 g/mol. The summed E-state index contributed by atoms with van der Waals surface area (Å²) in [5, 5.41) is 11.9. The van der Waals surface area contributed by atoms with Crippen molar-refractivity contribution in [2.24, 2.45) is 5.92 Å². The highest BCUT2D eigenvalue weighted by atomic mass is 15.3. The van der Waals surface area contributed by atoms with E-state index in [1.165, 1.54) is 0 Å². The van der Waals surface area contributed by atoms with Crippen LogP contribution in [0.5, 0.6) is 0 Å². The summed E-state index contributed by atoms with van der Waals surface area (Å²) >= 11 is 0. The fourth-order valence-corrected chi connectivity index (χ4v) is 2.03. The molecule has 0 fully saturated rings. The van der Waals surface area contributed by atoms with Gasteiger partial charge >= 0.3 is 0 Å². The van der Waals surface area contributed by atoms with Crippen molar-refractivity contribution in [3.63, 3.8) is 0 Å². The van der Waals surface area contributed by atoms with E-state index < -0.39 is 0 Å². The van der Waals surface area contributed by atoms with Gasteiger partial charge in [0.2, 0.25) is 0 Å². The highest BCUT2D eigenvalue weighted by Gasteiger charge is 2.15. The lowest BCUT2D eigenvalue weighted by molar-refractivity contribution is 0.622. The number of hydrogen-bond donors (Lipinski definition) is 1. The molecule has 1 N–H and O–H groups in total. The van der Waals surface area contributed by atoms with Gasteiger partial charge in [-0.15, -0.1) is 0 Å². The Morgan fingerprint density at radius 1 is 1.26 bits per heavy atom. The summed E-state index contributed by atoms with van der Waals surface area (Å²) in [6.45, 7) is 11.6. The quantitative estimate of drug-likeness (QED) is 0.900. The zero-order valence-electron chi connectivity index (χ0n) is 12.4. The average Bonchev–Trinajstić information content (AvgIpc) is 2.93. The second-order valence-corrected chi connectivity index (χ2v) is 5.63. The molecule has 104 valence electrons. The number of aromatic amines is 1. The van der Waals surface area contributed by atoms with Gasteiger partial charge in [-0.05, 0) is 24.8 Å². The van der Waals surface area contributed by atoms with E-state index in [0.717, 1.165) is 36.0 Å². The van der Waals surface area contributed by atoms with Crippen LogP contribution in [0.4, 0.5) is 0 Å². The number of aromatic nitrogens is 5. The highest BCUT2D eigenvalue weighted by molar-refractivity contribution is 5.50. The number of H-pyrrole nitrogens is 1. The van der Waals surface area contributed by atoms with Crippen LogP contribution in [-0.2, 0) is 13.0 Å². The Bertz CT molecular complexity index is 536. The van der Waals surface area contributed by atoms with Crippen molar-refractivity contribution < 1.29 is 0 Å². The van der Waals surface area contributed by atoms with E-state index in [1.54, 1.807) is 0 Å². The third kappa shape index (κ3) is 3.03. The van der Waals surface area contributed by atoms with Crippen LogP contribution in [0.15, 0.2) is 6.07 Å². The lowest BCUT2D eigenvalue weighted by Gasteiger charge is -2.00. The third-order valence-electron chi connectivity index (χ3n) is 3.05. The van der Waals surface area contributed by atoms with Crippen molar-refractivity contribution in [2.75, 3.05) is 0 Å². The molecule has 0 aliphatic rings. The van der Waals surface area contributed by atoms with Gasteiger partial charge in [-0.2, -0.15) is 10.2 Å². The summed E-state index contributed by atoms with van der Waals surface area (Å²) in [7, 11) is 0. The molecule has 0 spiro atoms. The van der Waals surface area contributed by atoms with Gasteiger partial charge in [0.15, 0.2) is 5.82 Å². The minimum absolute atomic E-state index is 0.417. The first-order chi connectivity index (χ1) is 9.01. The van der Waals surface area contributed by atoms with Crippen LogP contribution in [0.2, 0.25) is 0 Å². The maximum Gasteiger partial charge on any atom is 0.199 e. The van der Waals surface area contributed by atoms with E-state index in [2.05, 4.69) is 61.0 Å². The van der Waals surface area contributed by atoms with Gasteiger partial charge in [-0.3, -0.25) is 9.78 Å². The van der Waals surface area contributed by atoms with E-state index in [1.807, 2.05) is 4.68 Å². The number of hydrogen-bond acceptors (Lipinski definition) is 3. The Hall–Kier alpha value is -1.65. The van der Waals surface area contributed by atoms with Crippen LogP contribution in [0.3, 0.4) is 0 Å². The normalized spacial score (nSPS) is 11.7. The van der Waals surface area contributed by atoms with Crippen molar-refractivity contribution in [1.82, 2.24) is 25.0 Å². The predicted molar refractivity (Wildman–Crippen MR) is 75.9 cm³/mol. The second kappa shape index (κ2) is 5.55. The molecular formula is C14H23N5. The zero-order valence-corrected chi connectivity index (χ0v) is 12.4. The molecule has 2 heterocycles. The van der Waals surface area contributed by atoms with Gasteiger partial charge < -0.3 is 0 Å². The molecule has 0 saturated carbocycles. The summed E-state index contributed by atoms with van der Waals surface area (Å²) in [4.78, 5) is 4.57. The molecule has 0 amide bonds. The van der Waals surface area contributed by atoms with Crippen LogP contribution in [-0.4, -0.2) is 25.0 Å². The minimum atomic E-state index is 0.417. The van der Waals surface area contributed by atoms with Gasteiger partial charge in [0.25, 0.3) is 0 Å². The summed E-state index contributed by atoms with van der Waals surface area (Å²) in [5.41, 5.74) is 2.09. The largest absolute Gasteiger partial charge is 0.263 e. The fraction of sp³-hybridized carbons (Fsp3) is 0.643. The molecule has 0 aliphatic heterocycles. The molecule has 2 aromatic heterocycles. The lowest BCUT2D eigenvalue weighted by atomic mass is 10.1. The first-order valence-electron chi connectivity index (χ1n) is 7.00. The van der Waals surface area contributed by atoms with E-state index in [4.69, 9.17) is 0 Å². The first kappa shape index (κ1) is 13.8. The number of aryl methyl sites for hydroxylation is 1. The zero-order chi connectivity index (χ0) is 14.0. The van der Waals surface area contributed by atoms with Crippen LogP contribution in [0.1, 0.15) is 52.1 Å². The third-order valence-corrected chi connectivity index (χ3v) is 3.05. The Labute approximate surface area is 114 Å². The molecule has 19 heavy (non-hydrogen) atoms. The summed E-state index contributed by atoms with van der Waals surface area (Å²) in [6.07, 6.45) is 0.921. The minimum Gasteiger partial charge on any atom is -0.263 e. The molecule has 0 aliphatic carbocycles. The molecule has 0 radical (unpaired) electrons. The molecule has 0 aromatic carbocycles. The van der Waals surface area contributed by atoms with Crippen LogP contribution in [0, 0.1) is 5.92 Å². The van der Waals surface area contributed by atoms with Gasteiger partial charge in [0.1, 0.15) is 11.5 Å². The second-order valence-electron chi connectivity index (χ2n) is 5.63. The SMILES string of the molecule is CCn1nc(C(C)C)cc1-c1n[nH]c(CC(C)C)n1. The standard InChI is InChI=1S/C14H23N5/c1-6-19-12(8-11(18-19)10(4)5)14-15-13(16-17-14)7-9(2)3/h8-10H,6-7H2,1-5H3,(H,15,16,17). The molecule has 0 atom stereocenters. The number of nitrogens with zero attached hydrogens (tertiary/aromatic N) is 4. The topological polar surface area (TPSA) is 59.4 Å². The van der Waals surface area contributed by atoms with Gasteiger partial charge in [0, 0.05) is 13.0 Å². The van der Waals surface area contributed by atoms with Crippen LogP contribution >= 0.6 is 0 Å². The van der Waals surface area contributed by atoms with Crippen molar-refractivity contribution in [1.29, 1.82) is 0 Å². The van der Waals surface area contributed by atoms with Gasteiger partial charge in [-0.1, -0.05) is 27.7 Å². The molecule has 5 nitrogen and oxygen atoms in total. The molecule has 0 unspecified atom stereocenters. The van der Waals surface area contributed by atoms with Crippen molar-refractivity contribution in [3.05, 3.63) is 17.6 Å². The Kier molecular flexibility index (Phi) is 4.02. The van der Waals surface area contributed by atoms with E-state index in [0.29, 0.717) is 11.8 Å². The summed E-state index contributed by atoms with van der Waals surface area (Å²) < 4.78 is 1.97. The Balaban J connectivity index is 2.32. The summed E-state index contributed by atoms with van der Waals surface area (Å²) in [6, 6.07) is 2.09. The Morgan fingerprint density at radius 3 is 2.58 bits per heavy atom. The predicted octanol–water partition coefficient (Wildman–Crippen LogP) is 3.01. The summed E-state index contributed by atoms with van der Waals surface area (Å²) in [5.74, 6) is 2.68. The van der Waals surface area contributed by atoms with E-state index in [9.17, 15) is 0 Å². The maximum absolute atomic E-state index is 4.60. The molecular weight excluding hydrogens is 238 g/mol. The highest BCUT2D eigenvalue weighted by Crippen LogP contribution is 2.21. The average molecular weight is 261 g/mol. The molecule has 0 bridgehead atoms. The Morgan fingerprint density at radius 2 is 2.00 bits per heavy atom. The number of nitrogens with one attached hydrogen (secondary N) is 1. The van der Waals surface area contributed by atoms with Crippen molar-refractivity contribution in [2.45, 2.75) is 53.5 Å².